The Hall–Kier alpha value is -3.42. The fourth-order valence-corrected chi connectivity index (χ4v) is 3.46. The minimum Gasteiger partial charge on any atom is -0.494 e. The van der Waals surface area contributed by atoms with Crippen LogP contribution in [-0.4, -0.2) is 35.2 Å². The highest BCUT2D eigenvalue weighted by Gasteiger charge is 2.33. The molecular weight excluding hydrogens is 378 g/mol. The number of amides is 1. The normalized spacial score (nSPS) is 16.3. The van der Waals surface area contributed by atoms with Gasteiger partial charge in [0.05, 0.1) is 24.8 Å². The first kappa shape index (κ1) is 18.9. The minimum atomic E-state index is -0.971. The molecule has 0 aliphatic carbocycles. The standard InChI is InChI=1S/C21H20F2N4O2/c1-13-11-26(12-24-13)19-6-3-14(9-20(19)29-2)25-18-7-8-27(21(18)28)15-4-5-16(22)17(23)10-15/h3-6,9-12,18,25H,7-8H2,1-2H3. The number of carbonyl (C=O) groups is 1. The topological polar surface area (TPSA) is 59.4 Å². The lowest BCUT2D eigenvalue weighted by atomic mass is 10.2. The Kier molecular flexibility index (Phi) is 4.92. The Labute approximate surface area is 166 Å². The number of methoxy groups -OCH3 is 1. The van der Waals surface area contributed by atoms with Gasteiger partial charge in [0.1, 0.15) is 11.8 Å². The number of rotatable bonds is 5. The molecule has 1 atom stereocenters. The quantitative estimate of drug-likeness (QED) is 0.712. The smallest absolute Gasteiger partial charge is 0.249 e. The van der Waals surface area contributed by atoms with E-state index >= 15 is 0 Å². The summed E-state index contributed by atoms with van der Waals surface area (Å²) in [6.45, 7) is 2.33. The van der Waals surface area contributed by atoms with Crippen LogP contribution in [0.25, 0.3) is 5.69 Å². The number of hydrogen-bond donors (Lipinski definition) is 1. The monoisotopic (exact) mass is 398 g/mol. The average molecular weight is 398 g/mol. The van der Waals surface area contributed by atoms with Crippen molar-refractivity contribution >= 4 is 17.3 Å². The first-order valence-electron chi connectivity index (χ1n) is 9.18. The largest absolute Gasteiger partial charge is 0.494 e. The fraction of sp³-hybridized carbons (Fsp3) is 0.238. The lowest BCUT2D eigenvalue weighted by Gasteiger charge is -2.18. The van der Waals surface area contributed by atoms with E-state index in [0.717, 1.165) is 29.2 Å². The third kappa shape index (κ3) is 3.65. The molecule has 150 valence electrons. The van der Waals surface area contributed by atoms with E-state index in [1.165, 1.54) is 11.0 Å². The van der Waals surface area contributed by atoms with Gasteiger partial charge in [-0.1, -0.05) is 0 Å². The Bertz CT molecular complexity index is 1070. The molecular formula is C21H20F2N4O2. The van der Waals surface area contributed by atoms with Crippen LogP contribution in [0.15, 0.2) is 48.9 Å². The first-order valence-corrected chi connectivity index (χ1v) is 9.18. The molecule has 1 aliphatic heterocycles. The summed E-state index contributed by atoms with van der Waals surface area (Å²) in [6, 6.07) is 8.58. The van der Waals surface area contributed by atoms with Crippen molar-refractivity contribution < 1.29 is 18.3 Å². The highest BCUT2D eigenvalue weighted by molar-refractivity contribution is 6.01. The molecule has 29 heavy (non-hydrogen) atoms. The molecule has 2 heterocycles. The molecule has 0 bridgehead atoms. The van der Waals surface area contributed by atoms with E-state index in [1.807, 2.05) is 35.9 Å². The molecule has 0 saturated carbocycles. The molecule has 1 fully saturated rings. The lowest BCUT2D eigenvalue weighted by molar-refractivity contribution is -0.117. The summed E-state index contributed by atoms with van der Waals surface area (Å²) in [5.41, 5.74) is 2.80. The maximum atomic E-state index is 13.5. The van der Waals surface area contributed by atoms with Gasteiger partial charge in [0.15, 0.2) is 11.6 Å². The van der Waals surface area contributed by atoms with Crippen molar-refractivity contribution in [3.63, 3.8) is 0 Å². The predicted molar refractivity (Wildman–Crippen MR) is 106 cm³/mol. The van der Waals surface area contributed by atoms with E-state index < -0.39 is 17.7 Å². The van der Waals surface area contributed by atoms with Gasteiger partial charge in [-0.15, -0.1) is 0 Å². The number of carbonyl (C=O) groups excluding carboxylic acids is 1. The van der Waals surface area contributed by atoms with Crippen molar-refractivity contribution in [2.45, 2.75) is 19.4 Å². The second-order valence-electron chi connectivity index (χ2n) is 6.88. The number of aromatic nitrogens is 2. The number of nitrogens with zero attached hydrogens (tertiary/aromatic N) is 3. The molecule has 2 aromatic carbocycles. The van der Waals surface area contributed by atoms with E-state index in [9.17, 15) is 13.6 Å². The van der Waals surface area contributed by atoms with Gasteiger partial charge in [0.25, 0.3) is 0 Å². The Morgan fingerprint density at radius 1 is 1.17 bits per heavy atom. The van der Waals surface area contributed by atoms with Crippen LogP contribution >= 0.6 is 0 Å². The third-order valence-electron chi connectivity index (χ3n) is 4.93. The highest BCUT2D eigenvalue weighted by Crippen LogP contribution is 2.29. The highest BCUT2D eigenvalue weighted by atomic mass is 19.2. The van der Waals surface area contributed by atoms with Gasteiger partial charge in [-0.3, -0.25) is 4.79 Å². The van der Waals surface area contributed by atoms with Crippen molar-refractivity contribution in [3.8, 4) is 11.4 Å². The van der Waals surface area contributed by atoms with Gasteiger partial charge in [0, 0.05) is 36.2 Å². The number of benzene rings is 2. The maximum absolute atomic E-state index is 13.5. The number of aryl methyl sites for hydroxylation is 1. The second kappa shape index (κ2) is 7.54. The lowest BCUT2D eigenvalue weighted by Crippen LogP contribution is -2.33. The second-order valence-corrected chi connectivity index (χ2v) is 6.88. The first-order chi connectivity index (χ1) is 14.0. The van der Waals surface area contributed by atoms with Gasteiger partial charge in [-0.2, -0.15) is 0 Å². The van der Waals surface area contributed by atoms with Crippen LogP contribution in [0.5, 0.6) is 5.75 Å². The summed E-state index contributed by atoms with van der Waals surface area (Å²) >= 11 is 0. The number of halogens is 2. The van der Waals surface area contributed by atoms with Crippen molar-refractivity contribution in [1.82, 2.24) is 9.55 Å². The van der Waals surface area contributed by atoms with Crippen molar-refractivity contribution in [2.24, 2.45) is 0 Å². The molecule has 1 amide bonds. The molecule has 1 aliphatic rings. The fourth-order valence-electron chi connectivity index (χ4n) is 3.46. The molecule has 1 N–H and O–H groups in total. The molecule has 1 unspecified atom stereocenters. The summed E-state index contributed by atoms with van der Waals surface area (Å²) in [5, 5.41) is 3.21. The Morgan fingerprint density at radius 2 is 2.00 bits per heavy atom. The average Bonchev–Trinajstić information content (AvgIpc) is 3.30. The molecule has 1 aromatic heterocycles. The SMILES string of the molecule is COc1cc(NC2CCN(c3ccc(F)c(F)c3)C2=O)ccc1-n1cnc(C)c1. The van der Waals surface area contributed by atoms with Gasteiger partial charge in [0.2, 0.25) is 5.91 Å². The van der Waals surface area contributed by atoms with Gasteiger partial charge in [-0.25, -0.2) is 13.8 Å². The van der Waals surface area contributed by atoms with E-state index in [1.54, 1.807) is 13.4 Å². The van der Waals surface area contributed by atoms with E-state index in [2.05, 4.69) is 10.3 Å². The van der Waals surface area contributed by atoms with Crippen LogP contribution < -0.4 is 15.0 Å². The minimum absolute atomic E-state index is 0.190. The summed E-state index contributed by atoms with van der Waals surface area (Å²) in [5.74, 6) is -1.46. The molecule has 1 saturated heterocycles. The molecule has 6 nitrogen and oxygen atoms in total. The zero-order valence-electron chi connectivity index (χ0n) is 16.0. The van der Waals surface area contributed by atoms with Crippen LogP contribution in [0.3, 0.4) is 0 Å². The zero-order valence-corrected chi connectivity index (χ0v) is 16.0. The van der Waals surface area contributed by atoms with Crippen LogP contribution in [0.4, 0.5) is 20.2 Å². The third-order valence-corrected chi connectivity index (χ3v) is 4.93. The van der Waals surface area contributed by atoms with Crippen LogP contribution in [-0.2, 0) is 4.79 Å². The summed E-state index contributed by atoms with van der Waals surface area (Å²) in [6.07, 6.45) is 4.15. The van der Waals surface area contributed by atoms with Crippen LogP contribution in [0, 0.1) is 18.6 Å². The predicted octanol–water partition coefficient (Wildman–Crippen LogP) is 3.68. The summed E-state index contributed by atoms with van der Waals surface area (Å²) < 4.78 is 34.0. The molecule has 3 aromatic rings. The Balaban J connectivity index is 1.52. The number of hydrogen-bond acceptors (Lipinski definition) is 4. The number of anilines is 2. The number of imidazole rings is 1. The van der Waals surface area contributed by atoms with Crippen LogP contribution in [0.1, 0.15) is 12.1 Å². The van der Waals surface area contributed by atoms with Crippen molar-refractivity contribution in [3.05, 3.63) is 66.3 Å². The van der Waals surface area contributed by atoms with Crippen molar-refractivity contribution in [2.75, 3.05) is 23.9 Å². The zero-order chi connectivity index (χ0) is 20.5. The summed E-state index contributed by atoms with van der Waals surface area (Å²) in [7, 11) is 1.58. The van der Waals surface area contributed by atoms with E-state index in [0.29, 0.717) is 24.4 Å². The van der Waals surface area contributed by atoms with Gasteiger partial charge < -0.3 is 19.5 Å². The summed E-state index contributed by atoms with van der Waals surface area (Å²) in [4.78, 5) is 18.4. The van der Waals surface area contributed by atoms with Crippen LogP contribution in [0.2, 0.25) is 0 Å². The van der Waals surface area contributed by atoms with E-state index in [-0.39, 0.29) is 5.91 Å². The van der Waals surface area contributed by atoms with Gasteiger partial charge >= 0.3 is 0 Å². The molecule has 0 spiro atoms. The van der Waals surface area contributed by atoms with Gasteiger partial charge in [-0.05, 0) is 37.6 Å². The van der Waals surface area contributed by atoms with E-state index in [4.69, 9.17) is 4.74 Å². The number of ether oxygens (including phenoxy) is 1. The molecule has 0 radical (unpaired) electrons. The molecule has 4 rings (SSSR count). The molecule has 8 heteroatoms. The Morgan fingerprint density at radius 3 is 2.69 bits per heavy atom. The van der Waals surface area contributed by atoms with Crippen molar-refractivity contribution in [1.29, 1.82) is 0 Å². The number of nitrogens with one attached hydrogen (secondary N) is 1. The maximum Gasteiger partial charge on any atom is 0.249 e.